The molecule has 2 aliphatic rings. The maximum absolute atomic E-state index is 6.25. The fourth-order valence-electron chi connectivity index (χ4n) is 4.11. The van der Waals surface area contributed by atoms with Crippen LogP contribution in [0.25, 0.3) is 0 Å². The highest BCUT2D eigenvalue weighted by molar-refractivity contribution is 5.01. The number of hydrogen-bond acceptors (Lipinski definition) is 3. The van der Waals surface area contributed by atoms with E-state index in [1.807, 2.05) is 0 Å². The first kappa shape index (κ1) is 14.3. The fraction of sp³-hybridized carbons (Fsp3) is 1.00. The first-order valence-corrected chi connectivity index (χ1v) is 7.58. The van der Waals surface area contributed by atoms with Gasteiger partial charge >= 0.3 is 0 Å². The van der Waals surface area contributed by atoms with E-state index in [0.29, 0.717) is 18.1 Å². The third kappa shape index (κ3) is 3.69. The normalized spacial score (nSPS) is 36.5. The molecule has 3 nitrogen and oxygen atoms in total. The summed E-state index contributed by atoms with van der Waals surface area (Å²) in [4.78, 5) is 0. The van der Waals surface area contributed by atoms with E-state index in [-0.39, 0.29) is 11.1 Å². The van der Waals surface area contributed by atoms with Crippen LogP contribution in [0.2, 0.25) is 0 Å². The highest BCUT2D eigenvalue weighted by Crippen LogP contribution is 2.29. The first-order valence-electron chi connectivity index (χ1n) is 7.58. The lowest BCUT2D eigenvalue weighted by Gasteiger charge is -2.48. The highest BCUT2D eigenvalue weighted by Gasteiger charge is 2.38. The molecule has 0 aromatic carbocycles. The quantitative estimate of drug-likeness (QED) is 0.707. The molecule has 106 valence electrons. The number of nitrogens with one attached hydrogen (secondary N) is 2. The molecule has 1 aliphatic carbocycles. The second-order valence-corrected chi connectivity index (χ2v) is 7.72. The highest BCUT2D eigenvalue weighted by atomic mass is 15.1. The van der Waals surface area contributed by atoms with E-state index in [2.05, 4.69) is 38.3 Å². The lowest BCUT2D eigenvalue weighted by molar-refractivity contribution is 0.131. The standard InChI is InChI=1S/C15H31N3/c1-14(2)9-11(10-15(3,4)18-14)17-13-8-6-5-7-12(13)16/h11-13,17-18H,5-10,16H2,1-4H3. The smallest absolute Gasteiger partial charge is 0.0221 e. The molecule has 4 N–H and O–H groups in total. The van der Waals surface area contributed by atoms with Gasteiger partial charge in [-0.1, -0.05) is 12.8 Å². The molecular formula is C15H31N3. The summed E-state index contributed by atoms with van der Waals surface area (Å²) in [6.45, 7) is 9.24. The Morgan fingerprint density at radius 2 is 1.56 bits per heavy atom. The van der Waals surface area contributed by atoms with Gasteiger partial charge in [0.25, 0.3) is 0 Å². The van der Waals surface area contributed by atoms with E-state index in [4.69, 9.17) is 5.73 Å². The molecule has 2 rings (SSSR count). The van der Waals surface area contributed by atoms with E-state index in [0.717, 1.165) is 0 Å². The van der Waals surface area contributed by atoms with Gasteiger partial charge in [-0.05, 0) is 53.4 Å². The van der Waals surface area contributed by atoms with E-state index in [1.54, 1.807) is 0 Å². The van der Waals surface area contributed by atoms with Gasteiger partial charge in [-0.15, -0.1) is 0 Å². The van der Waals surface area contributed by atoms with Crippen LogP contribution >= 0.6 is 0 Å². The zero-order valence-electron chi connectivity index (χ0n) is 12.6. The van der Waals surface area contributed by atoms with Gasteiger partial charge in [0, 0.05) is 29.2 Å². The van der Waals surface area contributed by atoms with Crippen molar-refractivity contribution in [3.8, 4) is 0 Å². The molecular weight excluding hydrogens is 222 g/mol. The van der Waals surface area contributed by atoms with Gasteiger partial charge in [-0.25, -0.2) is 0 Å². The van der Waals surface area contributed by atoms with Gasteiger partial charge in [-0.3, -0.25) is 0 Å². The van der Waals surface area contributed by atoms with Crippen molar-refractivity contribution in [2.45, 2.75) is 95.4 Å². The number of hydrogen-bond donors (Lipinski definition) is 3. The SMILES string of the molecule is CC1(C)CC(NC2CCCCC2N)CC(C)(C)N1. The minimum absolute atomic E-state index is 0.220. The minimum Gasteiger partial charge on any atom is -0.326 e. The van der Waals surface area contributed by atoms with Crippen LogP contribution in [-0.4, -0.2) is 29.2 Å². The summed E-state index contributed by atoms with van der Waals surface area (Å²) >= 11 is 0. The predicted octanol–water partition coefficient (Wildman–Crippen LogP) is 2.16. The topological polar surface area (TPSA) is 50.1 Å². The minimum atomic E-state index is 0.220. The van der Waals surface area contributed by atoms with Crippen molar-refractivity contribution in [2.75, 3.05) is 0 Å². The lowest BCUT2D eigenvalue weighted by atomic mass is 9.78. The van der Waals surface area contributed by atoms with Crippen molar-refractivity contribution < 1.29 is 0 Å². The Kier molecular flexibility index (Phi) is 4.05. The van der Waals surface area contributed by atoms with Crippen molar-refractivity contribution in [3.05, 3.63) is 0 Å². The number of piperidine rings is 1. The Morgan fingerprint density at radius 1 is 1.00 bits per heavy atom. The van der Waals surface area contributed by atoms with E-state index >= 15 is 0 Å². The van der Waals surface area contributed by atoms with E-state index < -0.39 is 0 Å². The molecule has 0 amide bonds. The second-order valence-electron chi connectivity index (χ2n) is 7.72. The average Bonchev–Trinajstić information content (AvgIpc) is 2.16. The second kappa shape index (κ2) is 5.10. The maximum atomic E-state index is 6.25. The van der Waals surface area contributed by atoms with E-state index in [9.17, 15) is 0 Å². The summed E-state index contributed by atoms with van der Waals surface area (Å²) in [7, 11) is 0. The van der Waals surface area contributed by atoms with Crippen LogP contribution in [0.4, 0.5) is 0 Å². The summed E-state index contributed by atoms with van der Waals surface area (Å²) in [5.74, 6) is 0. The first-order chi connectivity index (χ1) is 8.27. The van der Waals surface area contributed by atoms with Gasteiger partial charge in [0.2, 0.25) is 0 Å². The zero-order valence-corrected chi connectivity index (χ0v) is 12.6. The summed E-state index contributed by atoms with van der Waals surface area (Å²) in [5, 5.41) is 7.59. The summed E-state index contributed by atoms with van der Waals surface area (Å²) in [6, 6.07) is 1.50. The van der Waals surface area contributed by atoms with E-state index in [1.165, 1.54) is 38.5 Å². The summed E-state index contributed by atoms with van der Waals surface area (Å²) in [6.07, 6.45) is 7.48. The molecule has 2 fully saturated rings. The average molecular weight is 253 g/mol. The number of nitrogens with two attached hydrogens (primary N) is 1. The van der Waals surface area contributed by atoms with Gasteiger partial charge in [-0.2, -0.15) is 0 Å². The van der Waals surface area contributed by atoms with Gasteiger partial charge in [0.05, 0.1) is 0 Å². The Bertz CT molecular complexity index is 269. The third-order valence-electron chi connectivity index (χ3n) is 4.46. The van der Waals surface area contributed by atoms with Crippen LogP contribution in [0.1, 0.15) is 66.2 Å². The molecule has 0 bridgehead atoms. The third-order valence-corrected chi connectivity index (χ3v) is 4.46. The molecule has 1 saturated heterocycles. The summed E-state index contributed by atoms with van der Waals surface area (Å²) < 4.78 is 0. The molecule has 1 heterocycles. The molecule has 0 aromatic heterocycles. The Labute approximate surface area is 112 Å². The van der Waals surface area contributed by atoms with Gasteiger partial charge in [0.15, 0.2) is 0 Å². The Hall–Kier alpha value is -0.120. The monoisotopic (exact) mass is 253 g/mol. The molecule has 2 atom stereocenters. The molecule has 1 aliphatic heterocycles. The van der Waals surface area contributed by atoms with Crippen molar-refractivity contribution in [2.24, 2.45) is 5.73 Å². The van der Waals surface area contributed by atoms with Crippen LogP contribution in [0.5, 0.6) is 0 Å². The van der Waals surface area contributed by atoms with Crippen LogP contribution < -0.4 is 16.4 Å². The molecule has 1 saturated carbocycles. The van der Waals surface area contributed by atoms with Gasteiger partial charge in [0.1, 0.15) is 0 Å². The Balaban J connectivity index is 1.95. The fourth-order valence-corrected chi connectivity index (χ4v) is 4.11. The van der Waals surface area contributed by atoms with Crippen molar-refractivity contribution >= 4 is 0 Å². The van der Waals surface area contributed by atoms with Crippen molar-refractivity contribution in [3.63, 3.8) is 0 Å². The molecule has 2 unspecified atom stereocenters. The van der Waals surface area contributed by atoms with Crippen LogP contribution in [0, 0.1) is 0 Å². The Morgan fingerprint density at radius 3 is 2.11 bits per heavy atom. The predicted molar refractivity (Wildman–Crippen MR) is 77.7 cm³/mol. The van der Waals surface area contributed by atoms with Crippen LogP contribution in [-0.2, 0) is 0 Å². The van der Waals surface area contributed by atoms with Crippen LogP contribution in [0.15, 0.2) is 0 Å². The maximum Gasteiger partial charge on any atom is 0.0221 e. The zero-order chi connectivity index (χ0) is 13.4. The summed E-state index contributed by atoms with van der Waals surface area (Å²) in [5.41, 5.74) is 6.69. The van der Waals surface area contributed by atoms with Crippen LogP contribution in [0.3, 0.4) is 0 Å². The van der Waals surface area contributed by atoms with Crippen molar-refractivity contribution in [1.82, 2.24) is 10.6 Å². The molecule has 0 aromatic rings. The molecule has 3 heteroatoms. The molecule has 0 spiro atoms. The number of rotatable bonds is 2. The largest absolute Gasteiger partial charge is 0.326 e. The molecule has 0 radical (unpaired) electrons. The lowest BCUT2D eigenvalue weighted by Crippen LogP contribution is -2.63. The molecule has 18 heavy (non-hydrogen) atoms. The van der Waals surface area contributed by atoms with Gasteiger partial charge < -0.3 is 16.4 Å². The van der Waals surface area contributed by atoms with Crippen molar-refractivity contribution in [1.29, 1.82) is 0 Å².